The van der Waals surface area contributed by atoms with Gasteiger partial charge in [0.2, 0.25) is 10.0 Å². The Morgan fingerprint density at radius 3 is 2.58 bits per heavy atom. The molecule has 2 heterocycles. The molecule has 0 spiro atoms. The number of hydrogen-bond acceptors (Lipinski definition) is 4. The maximum Gasteiger partial charge on any atom is 0.259 e. The molecule has 138 valence electrons. The molecule has 1 aromatic heterocycles. The molecule has 26 heavy (non-hydrogen) atoms. The zero-order valence-electron chi connectivity index (χ0n) is 15.0. The zero-order valence-corrected chi connectivity index (χ0v) is 15.8. The topological polar surface area (TPSA) is 79.4 Å². The summed E-state index contributed by atoms with van der Waals surface area (Å²) in [4.78, 5) is 19.1. The third-order valence-corrected chi connectivity index (χ3v) is 6.22. The van der Waals surface area contributed by atoms with E-state index in [0.29, 0.717) is 17.8 Å². The van der Waals surface area contributed by atoms with Crippen LogP contribution in [0.5, 0.6) is 0 Å². The lowest BCUT2D eigenvalue weighted by Crippen LogP contribution is -2.32. The highest BCUT2D eigenvalue weighted by Gasteiger charge is 2.23. The second-order valence-electron chi connectivity index (χ2n) is 6.67. The maximum atomic E-state index is 13.0. The minimum absolute atomic E-state index is 0.120. The molecule has 1 aliphatic rings. The molecule has 0 atom stereocenters. The Balaban J connectivity index is 1.83. The van der Waals surface area contributed by atoms with Crippen molar-refractivity contribution in [3.8, 4) is 0 Å². The SMILES string of the molecule is CC(C)S(=O)(=O)Nc1ccc(C(=O)N2CCCCc3cccnc32)cc1. The van der Waals surface area contributed by atoms with Gasteiger partial charge in [-0.25, -0.2) is 13.4 Å². The van der Waals surface area contributed by atoms with E-state index < -0.39 is 15.3 Å². The fourth-order valence-electron chi connectivity index (χ4n) is 2.88. The average Bonchev–Trinajstić information content (AvgIpc) is 2.84. The molecule has 1 N–H and O–H groups in total. The van der Waals surface area contributed by atoms with Gasteiger partial charge in [-0.3, -0.25) is 14.4 Å². The van der Waals surface area contributed by atoms with Gasteiger partial charge >= 0.3 is 0 Å². The van der Waals surface area contributed by atoms with E-state index in [0.717, 1.165) is 30.6 Å². The number of pyridine rings is 1. The summed E-state index contributed by atoms with van der Waals surface area (Å²) in [7, 11) is -3.40. The highest BCUT2D eigenvalue weighted by atomic mass is 32.2. The van der Waals surface area contributed by atoms with Crippen LogP contribution < -0.4 is 9.62 Å². The van der Waals surface area contributed by atoms with Crippen LogP contribution >= 0.6 is 0 Å². The largest absolute Gasteiger partial charge is 0.292 e. The first-order chi connectivity index (χ1) is 12.4. The molecule has 0 aliphatic carbocycles. The van der Waals surface area contributed by atoms with Crippen molar-refractivity contribution in [2.45, 2.75) is 38.4 Å². The summed E-state index contributed by atoms with van der Waals surface area (Å²) in [6.45, 7) is 3.86. The highest BCUT2D eigenvalue weighted by Crippen LogP contribution is 2.25. The third kappa shape index (κ3) is 3.88. The number of sulfonamides is 1. The monoisotopic (exact) mass is 373 g/mol. The van der Waals surface area contributed by atoms with E-state index in [2.05, 4.69) is 9.71 Å². The van der Waals surface area contributed by atoms with Gasteiger partial charge in [0.05, 0.1) is 5.25 Å². The number of fused-ring (bicyclic) bond motifs is 1. The molecule has 0 saturated heterocycles. The Hall–Kier alpha value is -2.41. The van der Waals surface area contributed by atoms with Crippen LogP contribution in [0.3, 0.4) is 0 Å². The summed E-state index contributed by atoms with van der Waals surface area (Å²) >= 11 is 0. The summed E-state index contributed by atoms with van der Waals surface area (Å²) in [6, 6.07) is 10.4. The first-order valence-corrected chi connectivity index (χ1v) is 10.3. The van der Waals surface area contributed by atoms with Gasteiger partial charge in [0.15, 0.2) is 0 Å². The third-order valence-electron chi connectivity index (χ3n) is 4.46. The van der Waals surface area contributed by atoms with Crippen LogP contribution in [0.4, 0.5) is 11.5 Å². The molecule has 1 aliphatic heterocycles. The molecule has 1 amide bonds. The quantitative estimate of drug-likeness (QED) is 0.892. The van der Waals surface area contributed by atoms with Crippen LogP contribution in [-0.2, 0) is 16.4 Å². The van der Waals surface area contributed by atoms with Crippen molar-refractivity contribution in [2.75, 3.05) is 16.2 Å². The lowest BCUT2D eigenvalue weighted by molar-refractivity contribution is 0.0986. The van der Waals surface area contributed by atoms with E-state index in [-0.39, 0.29) is 5.91 Å². The normalized spacial score (nSPS) is 14.7. The van der Waals surface area contributed by atoms with Crippen LogP contribution in [0.25, 0.3) is 0 Å². The van der Waals surface area contributed by atoms with Gasteiger partial charge in [0.25, 0.3) is 5.91 Å². The molecule has 0 unspecified atom stereocenters. The van der Waals surface area contributed by atoms with E-state index >= 15 is 0 Å². The second kappa shape index (κ2) is 7.45. The standard InChI is InChI=1S/C19H23N3O3S/c1-14(2)26(24,25)21-17-10-8-16(9-11-17)19(23)22-13-4-3-6-15-7-5-12-20-18(15)22/h5,7-12,14,21H,3-4,6,13H2,1-2H3. The van der Waals surface area contributed by atoms with Gasteiger partial charge in [-0.05, 0) is 69.0 Å². The number of hydrogen-bond donors (Lipinski definition) is 1. The Labute approximate surface area is 154 Å². The lowest BCUT2D eigenvalue weighted by atomic mass is 10.1. The minimum Gasteiger partial charge on any atom is -0.292 e. The van der Waals surface area contributed by atoms with Crippen LogP contribution in [0.15, 0.2) is 42.6 Å². The molecule has 0 bridgehead atoms. The number of aryl methyl sites for hydroxylation is 1. The molecule has 0 fully saturated rings. The summed E-state index contributed by atoms with van der Waals surface area (Å²) in [6.07, 6.45) is 4.57. The molecule has 2 aromatic rings. The fourth-order valence-corrected chi connectivity index (χ4v) is 3.58. The number of rotatable bonds is 4. The fraction of sp³-hybridized carbons (Fsp3) is 0.368. The van der Waals surface area contributed by atoms with Crippen LogP contribution in [0.1, 0.15) is 42.6 Å². The first kappa shape index (κ1) is 18.4. The Morgan fingerprint density at radius 1 is 1.15 bits per heavy atom. The second-order valence-corrected chi connectivity index (χ2v) is 8.91. The maximum absolute atomic E-state index is 13.0. The summed E-state index contributed by atoms with van der Waals surface area (Å²) in [5, 5.41) is -0.525. The number of anilines is 2. The van der Waals surface area contributed by atoms with E-state index in [1.807, 2.05) is 12.1 Å². The van der Waals surface area contributed by atoms with Crippen molar-refractivity contribution in [3.05, 3.63) is 53.7 Å². The van der Waals surface area contributed by atoms with Gasteiger partial charge in [-0.1, -0.05) is 6.07 Å². The zero-order chi connectivity index (χ0) is 18.7. The lowest BCUT2D eigenvalue weighted by Gasteiger charge is -2.21. The smallest absolute Gasteiger partial charge is 0.259 e. The minimum atomic E-state index is -3.40. The number of benzene rings is 1. The van der Waals surface area contributed by atoms with E-state index in [1.165, 1.54) is 0 Å². The van der Waals surface area contributed by atoms with Crippen molar-refractivity contribution in [2.24, 2.45) is 0 Å². The van der Waals surface area contributed by atoms with Gasteiger partial charge in [0, 0.05) is 24.0 Å². The van der Waals surface area contributed by atoms with Crippen LogP contribution in [0.2, 0.25) is 0 Å². The van der Waals surface area contributed by atoms with Gasteiger partial charge in [0.1, 0.15) is 5.82 Å². The van der Waals surface area contributed by atoms with Crippen molar-refractivity contribution < 1.29 is 13.2 Å². The van der Waals surface area contributed by atoms with Crippen molar-refractivity contribution in [1.29, 1.82) is 0 Å². The predicted octanol–water partition coefficient (Wildman–Crippen LogP) is 3.21. The Kier molecular flexibility index (Phi) is 5.27. The number of nitrogens with zero attached hydrogens (tertiary/aromatic N) is 2. The molecule has 0 saturated carbocycles. The first-order valence-electron chi connectivity index (χ1n) is 8.76. The summed E-state index contributed by atoms with van der Waals surface area (Å²) < 4.78 is 26.4. The van der Waals surface area contributed by atoms with E-state index in [9.17, 15) is 13.2 Å². The van der Waals surface area contributed by atoms with E-state index in [1.54, 1.807) is 49.2 Å². The Morgan fingerprint density at radius 2 is 1.88 bits per heavy atom. The molecular weight excluding hydrogens is 350 g/mol. The molecular formula is C19H23N3O3S. The Bertz CT molecular complexity index is 893. The van der Waals surface area contributed by atoms with Gasteiger partial charge < -0.3 is 0 Å². The molecule has 7 heteroatoms. The predicted molar refractivity (Wildman–Crippen MR) is 103 cm³/mol. The number of amides is 1. The molecule has 0 radical (unpaired) electrons. The summed E-state index contributed by atoms with van der Waals surface area (Å²) in [5.41, 5.74) is 2.04. The van der Waals surface area contributed by atoms with Crippen molar-refractivity contribution in [1.82, 2.24) is 4.98 Å². The molecule has 6 nitrogen and oxygen atoms in total. The molecule has 3 rings (SSSR count). The van der Waals surface area contributed by atoms with Crippen molar-refractivity contribution in [3.63, 3.8) is 0 Å². The van der Waals surface area contributed by atoms with Crippen molar-refractivity contribution >= 4 is 27.4 Å². The van der Waals surface area contributed by atoms with Crippen LogP contribution in [0, 0.1) is 0 Å². The number of carbonyl (C=O) groups excluding carboxylic acids is 1. The van der Waals surface area contributed by atoms with Crippen LogP contribution in [-0.4, -0.2) is 31.1 Å². The average molecular weight is 373 g/mol. The highest BCUT2D eigenvalue weighted by molar-refractivity contribution is 7.93. The van der Waals surface area contributed by atoms with Gasteiger partial charge in [-0.2, -0.15) is 0 Å². The van der Waals surface area contributed by atoms with Gasteiger partial charge in [-0.15, -0.1) is 0 Å². The van der Waals surface area contributed by atoms with E-state index in [4.69, 9.17) is 0 Å². The molecule has 1 aromatic carbocycles. The number of nitrogens with one attached hydrogen (secondary N) is 1. The number of aromatic nitrogens is 1. The number of carbonyl (C=O) groups is 1. The summed E-state index contributed by atoms with van der Waals surface area (Å²) in [5.74, 6) is 0.602.